The molecule has 0 unspecified atom stereocenters. The highest BCUT2D eigenvalue weighted by Crippen LogP contribution is 1.93. The molecular weight excluding hydrogens is 240 g/mol. The topological polar surface area (TPSA) is 101 Å². The number of carbonyl (C=O) groups excluding carboxylic acids is 1. The van der Waals surface area contributed by atoms with Gasteiger partial charge in [0.15, 0.2) is 0 Å². The van der Waals surface area contributed by atoms with Gasteiger partial charge < -0.3 is 14.9 Å². The van der Waals surface area contributed by atoms with Crippen LogP contribution in [0.15, 0.2) is 37.6 Å². The van der Waals surface area contributed by atoms with Gasteiger partial charge >= 0.3 is 17.9 Å². The highest BCUT2D eigenvalue weighted by atomic mass is 16.5. The zero-order valence-electron chi connectivity index (χ0n) is 10.5. The van der Waals surface area contributed by atoms with Gasteiger partial charge in [0.2, 0.25) is 0 Å². The summed E-state index contributed by atoms with van der Waals surface area (Å²) < 4.78 is 4.17. The Bertz CT molecular complexity index is 317. The maximum absolute atomic E-state index is 9.83. The van der Waals surface area contributed by atoms with Crippen LogP contribution in [0.25, 0.3) is 0 Å². The second-order valence-corrected chi connectivity index (χ2v) is 2.58. The van der Waals surface area contributed by atoms with E-state index in [2.05, 4.69) is 24.5 Å². The third-order valence-electron chi connectivity index (χ3n) is 1.15. The monoisotopic (exact) mass is 258 g/mol. The summed E-state index contributed by atoms with van der Waals surface area (Å²) in [5.74, 6) is -2.21. The zero-order valence-corrected chi connectivity index (χ0v) is 10.5. The van der Waals surface area contributed by atoms with Gasteiger partial charge in [-0.2, -0.15) is 0 Å². The molecule has 0 bridgehead atoms. The Labute approximate surface area is 106 Å². The number of hydrogen-bond donors (Lipinski definition) is 2. The molecule has 0 aliphatic rings. The van der Waals surface area contributed by atoms with Crippen LogP contribution in [0.1, 0.15) is 20.3 Å². The number of hydrogen-bond acceptors (Lipinski definition) is 4. The second kappa shape index (κ2) is 14.6. The first-order valence-electron chi connectivity index (χ1n) is 4.77. The Balaban J connectivity index is -0.000000190. The van der Waals surface area contributed by atoms with Crippen molar-refractivity contribution >= 4 is 17.9 Å². The van der Waals surface area contributed by atoms with Crippen molar-refractivity contribution in [3.05, 3.63) is 37.6 Å². The van der Waals surface area contributed by atoms with E-state index in [1.165, 1.54) is 6.92 Å². The number of esters is 1. The minimum atomic E-state index is -0.981. The molecule has 6 nitrogen and oxygen atoms in total. The van der Waals surface area contributed by atoms with Crippen molar-refractivity contribution in [2.45, 2.75) is 20.3 Å². The first-order chi connectivity index (χ1) is 8.22. The first-order valence-corrected chi connectivity index (χ1v) is 4.77. The van der Waals surface area contributed by atoms with Crippen molar-refractivity contribution < 1.29 is 29.3 Å². The van der Waals surface area contributed by atoms with E-state index < -0.39 is 11.9 Å². The van der Waals surface area contributed by atoms with Gasteiger partial charge in [-0.1, -0.05) is 26.7 Å². The molecule has 0 saturated heterocycles. The van der Waals surface area contributed by atoms with Crippen LogP contribution in [0.5, 0.6) is 0 Å². The summed E-state index contributed by atoms with van der Waals surface area (Å²) in [7, 11) is 0. The summed E-state index contributed by atoms with van der Waals surface area (Å²) in [6, 6.07) is 0. The predicted molar refractivity (Wildman–Crippen MR) is 66.9 cm³/mol. The van der Waals surface area contributed by atoms with E-state index in [9.17, 15) is 14.4 Å². The number of carboxylic acids is 2. The molecule has 0 aromatic heterocycles. The van der Waals surface area contributed by atoms with Gasteiger partial charge in [-0.25, -0.2) is 9.59 Å². The van der Waals surface area contributed by atoms with Crippen molar-refractivity contribution in [2.75, 3.05) is 0 Å². The van der Waals surface area contributed by atoms with Gasteiger partial charge in [0.05, 0.1) is 6.26 Å². The van der Waals surface area contributed by atoms with Gasteiger partial charge in [0, 0.05) is 18.6 Å². The number of aliphatic carboxylic acids is 2. The van der Waals surface area contributed by atoms with E-state index in [1.807, 2.05) is 0 Å². The standard InChI is InChI=1S/C5H8O2.C4H6O2.C3H4O2/c1-3-4(2)5(6)7;1-3-6-4(2)5;1-2-3(4)5/h2-3H2,1H3,(H,6,7);3H,1H2,2H3;2H,1H2,(H,4,5). The summed E-state index contributed by atoms with van der Waals surface area (Å²) in [6.07, 6.45) is 2.46. The van der Waals surface area contributed by atoms with Crippen molar-refractivity contribution in [2.24, 2.45) is 0 Å². The number of carboxylic acid groups (broad SMARTS) is 2. The molecule has 0 saturated carbocycles. The van der Waals surface area contributed by atoms with Crippen LogP contribution >= 0.6 is 0 Å². The SMILES string of the molecule is C=C(CC)C(=O)O.C=CC(=O)O.C=COC(C)=O. The van der Waals surface area contributed by atoms with E-state index in [4.69, 9.17) is 10.2 Å². The number of rotatable bonds is 4. The van der Waals surface area contributed by atoms with Gasteiger partial charge in [-0.05, 0) is 6.42 Å². The molecule has 0 atom stereocenters. The molecule has 18 heavy (non-hydrogen) atoms. The lowest BCUT2D eigenvalue weighted by atomic mass is 10.2. The third kappa shape index (κ3) is 29.2. The van der Waals surface area contributed by atoms with Crippen LogP contribution in [0, 0.1) is 0 Å². The molecule has 0 aromatic carbocycles. The van der Waals surface area contributed by atoms with E-state index in [1.54, 1.807) is 6.92 Å². The van der Waals surface area contributed by atoms with Crippen LogP contribution in [0.2, 0.25) is 0 Å². The van der Waals surface area contributed by atoms with Gasteiger partial charge in [0.25, 0.3) is 0 Å². The third-order valence-corrected chi connectivity index (χ3v) is 1.15. The molecule has 6 heteroatoms. The largest absolute Gasteiger partial charge is 0.478 e. The molecule has 0 heterocycles. The predicted octanol–water partition coefficient (Wildman–Crippen LogP) is 1.99. The zero-order chi connectivity index (χ0) is 15.1. The average molecular weight is 258 g/mol. The lowest BCUT2D eigenvalue weighted by Gasteiger charge is -1.87. The maximum atomic E-state index is 9.83. The molecule has 0 aliphatic heterocycles. The fourth-order valence-electron chi connectivity index (χ4n) is 0.269. The fraction of sp³-hybridized carbons (Fsp3) is 0.250. The van der Waals surface area contributed by atoms with Crippen LogP contribution in [0.3, 0.4) is 0 Å². The Morgan fingerprint density at radius 3 is 1.61 bits per heavy atom. The lowest BCUT2D eigenvalue weighted by Crippen LogP contribution is -1.95. The molecule has 0 fully saturated rings. The number of carbonyl (C=O) groups is 3. The molecule has 0 spiro atoms. The highest BCUT2D eigenvalue weighted by molar-refractivity contribution is 5.85. The number of ether oxygens (including phenoxy) is 1. The Hall–Kier alpha value is -2.37. The van der Waals surface area contributed by atoms with Crippen LogP contribution in [-0.4, -0.2) is 28.1 Å². The minimum Gasteiger partial charge on any atom is -0.478 e. The second-order valence-electron chi connectivity index (χ2n) is 2.58. The molecule has 0 radical (unpaired) electrons. The summed E-state index contributed by atoms with van der Waals surface area (Å²) in [6.45, 7) is 12.5. The van der Waals surface area contributed by atoms with E-state index in [-0.39, 0.29) is 11.5 Å². The van der Waals surface area contributed by atoms with Gasteiger partial charge in [-0.3, -0.25) is 4.79 Å². The Morgan fingerprint density at radius 2 is 1.61 bits per heavy atom. The smallest absolute Gasteiger partial charge is 0.330 e. The normalized spacial score (nSPS) is 7.22. The minimum absolute atomic E-state index is 0.264. The van der Waals surface area contributed by atoms with Crippen molar-refractivity contribution in [1.82, 2.24) is 0 Å². The Kier molecular flexibility index (Phi) is 17.0. The van der Waals surface area contributed by atoms with Crippen molar-refractivity contribution in [1.29, 1.82) is 0 Å². The molecular formula is C12H18O6. The molecule has 0 amide bonds. The van der Waals surface area contributed by atoms with E-state index >= 15 is 0 Å². The summed E-state index contributed by atoms with van der Waals surface area (Å²) in [5, 5.41) is 15.7. The molecule has 0 aliphatic carbocycles. The summed E-state index contributed by atoms with van der Waals surface area (Å²) >= 11 is 0. The molecule has 2 N–H and O–H groups in total. The van der Waals surface area contributed by atoms with Crippen molar-refractivity contribution in [3.8, 4) is 0 Å². The van der Waals surface area contributed by atoms with Crippen LogP contribution in [-0.2, 0) is 19.1 Å². The van der Waals surface area contributed by atoms with E-state index in [0.717, 1.165) is 12.3 Å². The molecule has 0 rings (SSSR count). The summed E-state index contributed by atoms with van der Waals surface area (Å²) in [4.78, 5) is 28.8. The van der Waals surface area contributed by atoms with E-state index in [0.29, 0.717) is 6.42 Å². The molecule has 0 aromatic rings. The highest BCUT2D eigenvalue weighted by Gasteiger charge is 1.96. The molecule has 102 valence electrons. The summed E-state index contributed by atoms with van der Waals surface area (Å²) in [5.41, 5.74) is 0.264. The quantitative estimate of drug-likeness (QED) is 0.454. The maximum Gasteiger partial charge on any atom is 0.330 e. The van der Waals surface area contributed by atoms with Crippen molar-refractivity contribution in [3.63, 3.8) is 0 Å². The van der Waals surface area contributed by atoms with Crippen LogP contribution in [0.4, 0.5) is 0 Å². The van der Waals surface area contributed by atoms with Crippen LogP contribution < -0.4 is 0 Å². The van der Waals surface area contributed by atoms with Gasteiger partial charge in [0.1, 0.15) is 0 Å². The fourth-order valence-corrected chi connectivity index (χ4v) is 0.269. The lowest BCUT2D eigenvalue weighted by molar-refractivity contribution is -0.135. The first kappa shape index (κ1) is 21.0. The Morgan fingerprint density at radius 1 is 1.22 bits per heavy atom. The average Bonchev–Trinajstić information content (AvgIpc) is 2.29. The van der Waals surface area contributed by atoms with Gasteiger partial charge in [-0.15, -0.1) is 0 Å².